The first-order chi connectivity index (χ1) is 8.58. The number of thioether (sulfide) groups is 1. The first-order valence-electron chi connectivity index (χ1n) is 5.55. The molecule has 0 radical (unpaired) electrons. The standard InChI is InChI=1S/C11H17N3O3S/c1-8-5-11(12-6-10(8)14(16)17)13-9(3-4-15)7-18-2/h5-6,9,15H,3-4,7H2,1-2H3,(H,12,13). The SMILES string of the molecule is CSCC(CCO)Nc1cc(C)c([N+](=O)[O-])cn1. The summed E-state index contributed by atoms with van der Waals surface area (Å²) < 4.78 is 0. The van der Waals surface area contributed by atoms with Gasteiger partial charge in [-0.2, -0.15) is 11.8 Å². The number of aliphatic hydroxyl groups excluding tert-OH is 1. The summed E-state index contributed by atoms with van der Waals surface area (Å²) in [6.07, 6.45) is 3.87. The van der Waals surface area contributed by atoms with Crippen LogP contribution in [0.4, 0.5) is 11.5 Å². The van der Waals surface area contributed by atoms with Crippen molar-refractivity contribution in [2.75, 3.05) is 23.9 Å². The van der Waals surface area contributed by atoms with E-state index in [-0.39, 0.29) is 18.3 Å². The lowest BCUT2D eigenvalue weighted by atomic mass is 10.2. The van der Waals surface area contributed by atoms with Crippen LogP contribution in [0.25, 0.3) is 0 Å². The van der Waals surface area contributed by atoms with Crippen LogP contribution in [-0.4, -0.2) is 39.7 Å². The number of rotatable bonds is 7. The summed E-state index contributed by atoms with van der Waals surface area (Å²) in [7, 11) is 0. The zero-order valence-corrected chi connectivity index (χ0v) is 11.2. The molecule has 0 saturated heterocycles. The van der Waals surface area contributed by atoms with Crippen molar-refractivity contribution in [3.05, 3.63) is 27.9 Å². The Morgan fingerprint density at radius 3 is 2.89 bits per heavy atom. The van der Waals surface area contributed by atoms with Gasteiger partial charge in [-0.25, -0.2) is 4.98 Å². The molecular formula is C11H17N3O3S. The van der Waals surface area contributed by atoms with Crippen LogP contribution in [0.3, 0.4) is 0 Å². The van der Waals surface area contributed by atoms with E-state index in [0.717, 1.165) is 5.75 Å². The first-order valence-corrected chi connectivity index (χ1v) is 6.95. The molecule has 100 valence electrons. The average Bonchev–Trinajstić information content (AvgIpc) is 2.29. The van der Waals surface area contributed by atoms with Crippen LogP contribution in [0.2, 0.25) is 0 Å². The van der Waals surface area contributed by atoms with E-state index in [1.807, 2.05) is 6.26 Å². The van der Waals surface area contributed by atoms with E-state index < -0.39 is 4.92 Å². The number of nitrogens with zero attached hydrogens (tertiary/aromatic N) is 2. The van der Waals surface area contributed by atoms with Gasteiger partial charge in [0, 0.05) is 24.0 Å². The normalized spacial score (nSPS) is 12.2. The van der Waals surface area contributed by atoms with Crippen molar-refractivity contribution in [1.82, 2.24) is 4.98 Å². The van der Waals surface area contributed by atoms with Crippen molar-refractivity contribution in [3.8, 4) is 0 Å². The fraction of sp³-hybridized carbons (Fsp3) is 0.545. The number of aromatic nitrogens is 1. The van der Waals surface area contributed by atoms with E-state index in [4.69, 9.17) is 5.11 Å². The van der Waals surface area contributed by atoms with Gasteiger partial charge in [-0.15, -0.1) is 0 Å². The minimum absolute atomic E-state index is 0.0177. The summed E-state index contributed by atoms with van der Waals surface area (Å²) in [5.41, 5.74) is 0.591. The summed E-state index contributed by atoms with van der Waals surface area (Å²) >= 11 is 1.67. The fourth-order valence-corrected chi connectivity index (χ4v) is 2.23. The monoisotopic (exact) mass is 271 g/mol. The molecule has 0 aliphatic rings. The smallest absolute Gasteiger partial charge is 0.290 e. The maximum atomic E-state index is 10.7. The Kier molecular flexibility index (Phi) is 5.87. The van der Waals surface area contributed by atoms with Gasteiger partial charge < -0.3 is 10.4 Å². The van der Waals surface area contributed by atoms with Crippen molar-refractivity contribution < 1.29 is 10.0 Å². The predicted octanol–water partition coefficient (Wildman–Crippen LogP) is 1.82. The molecule has 0 bridgehead atoms. The number of anilines is 1. The van der Waals surface area contributed by atoms with Crippen LogP contribution >= 0.6 is 11.8 Å². The van der Waals surface area contributed by atoms with Crippen LogP contribution in [-0.2, 0) is 0 Å². The van der Waals surface area contributed by atoms with Crippen molar-refractivity contribution in [1.29, 1.82) is 0 Å². The van der Waals surface area contributed by atoms with Gasteiger partial charge in [0.05, 0.1) is 4.92 Å². The maximum absolute atomic E-state index is 10.7. The predicted molar refractivity (Wildman–Crippen MR) is 73.1 cm³/mol. The average molecular weight is 271 g/mol. The highest BCUT2D eigenvalue weighted by molar-refractivity contribution is 7.98. The Morgan fingerprint density at radius 1 is 1.67 bits per heavy atom. The molecule has 0 aliphatic carbocycles. The molecule has 7 heteroatoms. The molecule has 1 unspecified atom stereocenters. The third-order valence-corrected chi connectivity index (χ3v) is 3.21. The third-order valence-electron chi connectivity index (χ3n) is 2.48. The zero-order chi connectivity index (χ0) is 13.5. The Labute approximate surface area is 110 Å². The quantitative estimate of drug-likeness (QED) is 0.581. The van der Waals surface area contributed by atoms with Gasteiger partial charge in [0.15, 0.2) is 0 Å². The maximum Gasteiger partial charge on any atom is 0.290 e. The summed E-state index contributed by atoms with van der Waals surface area (Å²) in [4.78, 5) is 14.2. The zero-order valence-electron chi connectivity index (χ0n) is 10.4. The second-order valence-electron chi connectivity index (χ2n) is 3.92. The van der Waals surface area contributed by atoms with Gasteiger partial charge in [-0.1, -0.05) is 0 Å². The molecule has 0 aliphatic heterocycles. The molecule has 0 amide bonds. The highest BCUT2D eigenvalue weighted by Crippen LogP contribution is 2.20. The number of hydrogen-bond acceptors (Lipinski definition) is 6. The Balaban J connectivity index is 2.77. The largest absolute Gasteiger partial charge is 0.396 e. The number of nitro groups is 1. The number of aryl methyl sites for hydroxylation is 1. The highest BCUT2D eigenvalue weighted by Gasteiger charge is 2.13. The van der Waals surface area contributed by atoms with Gasteiger partial charge in [-0.05, 0) is 25.7 Å². The van der Waals surface area contributed by atoms with Crippen molar-refractivity contribution in [2.45, 2.75) is 19.4 Å². The lowest BCUT2D eigenvalue weighted by molar-refractivity contribution is -0.385. The van der Waals surface area contributed by atoms with Gasteiger partial charge in [-0.3, -0.25) is 10.1 Å². The van der Waals surface area contributed by atoms with E-state index in [9.17, 15) is 10.1 Å². The van der Waals surface area contributed by atoms with Crippen LogP contribution < -0.4 is 5.32 Å². The number of nitrogens with one attached hydrogen (secondary N) is 1. The van der Waals surface area contributed by atoms with Crippen molar-refractivity contribution >= 4 is 23.3 Å². The van der Waals surface area contributed by atoms with Gasteiger partial charge in [0.2, 0.25) is 0 Å². The van der Waals surface area contributed by atoms with Crippen LogP contribution in [0.15, 0.2) is 12.3 Å². The molecule has 2 N–H and O–H groups in total. The van der Waals surface area contributed by atoms with E-state index in [1.165, 1.54) is 6.20 Å². The molecule has 6 nitrogen and oxygen atoms in total. The summed E-state index contributed by atoms with van der Waals surface area (Å²) in [5, 5.41) is 22.8. The number of pyridine rings is 1. The van der Waals surface area contributed by atoms with Crippen molar-refractivity contribution in [2.24, 2.45) is 0 Å². The molecule has 1 rings (SSSR count). The second-order valence-corrected chi connectivity index (χ2v) is 4.83. The van der Waals surface area contributed by atoms with Crippen molar-refractivity contribution in [3.63, 3.8) is 0 Å². The molecule has 0 spiro atoms. The van der Waals surface area contributed by atoms with Gasteiger partial charge in [0.25, 0.3) is 5.69 Å². The van der Waals surface area contributed by atoms with Gasteiger partial charge in [0.1, 0.15) is 12.0 Å². The van der Waals surface area contributed by atoms with E-state index in [0.29, 0.717) is 17.8 Å². The first kappa shape index (κ1) is 14.7. The lowest BCUT2D eigenvalue weighted by Crippen LogP contribution is -2.24. The summed E-state index contributed by atoms with van der Waals surface area (Å²) in [6, 6.07) is 1.77. The Morgan fingerprint density at radius 2 is 2.39 bits per heavy atom. The molecule has 0 fully saturated rings. The minimum atomic E-state index is -0.445. The molecule has 1 heterocycles. The second kappa shape index (κ2) is 7.17. The number of aliphatic hydroxyl groups is 1. The van der Waals surface area contributed by atoms with Crippen LogP contribution in [0.5, 0.6) is 0 Å². The van der Waals surface area contributed by atoms with Gasteiger partial charge >= 0.3 is 0 Å². The fourth-order valence-electron chi connectivity index (χ4n) is 1.58. The van der Waals surface area contributed by atoms with Crippen LogP contribution in [0.1, 0.15) is 12.0 Å². The van der Waals surface area contributed by atoms with Crippen LogP contribution in [0, 0.1) is 17.0 Å². The third kappa shape index (κ3) is 4.15. The Hall–Kier alpha value is -1.34. The van der Waals surface area contributed by atoms with E-state index in [2.05, 4.69) is 10.3 Å². The molecule has 0 saturated carbocycles. The lowest BCUT2D eigenvalue weighted by Gasteiger charge is -2.17. The minimum Gasteiger partial charge on any atom is -0.396 e. The summed E-state index contributed by atoms with van der Waals surface area (Å²) in [6.45, 7) is 1.78. The summed E-state index contributed by atoms with van der Waals surface area (Å²) in [5.74, 6) is 1.45. The highest BCUT2D eigenvalue weighted by atomic mass is 32.2. The van der Waals surface area contributed by atoms with E-state index >= 15 is 0 Å². The molecule has 18 heavy (non-hydrogen) atoms. The number of hydrogen-bond donors (Lipinski definition) is 2. The molecular weight excluding hydrogens is 254 g/mol. The molecule has 1 atom stereocenters. The molecule has 1 aromatic heterocycles. The molecule has 1 aromatic rings. The van der Waals surface area contributed by atoms with E-state index in [1.54, 1.807) is 24.8 Å². The Bertz CT molecular complexity index is 409. The topological polar surface area (TPSA) is 88.3 Å². The molecule has 0 aromatic carbocycles.